The lowest BCUT2D eigenvalue weighted by molar-refractivity contribution is -0.117. The molecule has 0 spiro atoms. The largest absolute Gasteiger partial charge is 0.508 e. The van der Waals surface area contributed by atoms with Gasteiger partial charge in [0.2, 0.25) is 0 Å². The van der Waals surface area contributed by atoms with Crippen LogP contribution in [0.5, 0.6) is 0 Å². The average molecular weight is 345 g/mol. The lowest BCUT2D eigenvalue weighted by atomic mass is 10.1. The third-order valence-corrected chi connectivity index (χ3v) is 2.11. The summed E-state index contributed by atoms with van der Waals surface area (Å²) in [6, 6.07) is 0. The van der Waals surface area contributed by atoms with Gasteiger partial charge in [-0.15, -0.1) is 0 Å². The Balaban J connectivity index is -0.0000000681. The minimum atomic E-state index is 0.109. The molecule has 0 aromatic carbocycles. The van der Waals surface area contributed by atoms with Crippen LogP contribution in [0.25, 0.3) is 0 Å². The molecule has 0 amide bonds. The van der Waals surface area contributed by atoms with E-state index in [1.54, 1.807) is 25.2 Å². The highest BCUT2D eigenvalue weighted by Gasteiger charge is 1.98. The molecule has 0 heterocycles. The van der Waals surface area contributed by atoms with Gasteiger partial charge in [-0.2, -0.15) is 0 Å². The lowest BCUT2D eigenvalue weighted by Crippen LogP contribution is -2.00. The topological polar surface area (TPSA) is 57.5 Å². The fraction of sp³-hybridized carbons (Fsp3) is 0.667. The van der Waals surface area contributed by atoms with Crippen LogP contribution < -0.4 is 0 Å². The molecule has 0 saturated heterocycles. The van der Waals surface area contributed by atoms with Crippen LogP contribution in [0, 0.1) is 11.8 Å². The minimum Gasteiger partial charge on any atom is -0.508 e. The van der Waals surface area contributed by atoms with Gasteiger partial charge in [0.05, 0.1) is 0 Å². The van der Waals surface area contributed by atoms with Crippen molar-refractivity contribution < 1.29 is 15.0 Å². The van der Waals surface area contributed by atoms with Crippen molar-refractivity contribution in [2.75, 3.05) is 6.61 Å². The number of hydrogen-bond acceptors (Lipinski definition) is 3. The van der Waals surface area contributed by atoms with E-state index in [4.69, 9.17) is 10.2 Å². The standard InChI is InChI=1S/2C6H10O.C5H12O.2C2H6/c1-4-6(7)5(2)3;1-3-5-6(7)4-2;1-5(2)3-4-6;2*1-2/h4-5H,1H2,2-3H3;3-5,7H,1-2H3;5-6H,3-4H2,1-2H3;2*1-2H3/b;5-3-,6-4+;;;. The van der Waals surface area contributed by atoms with Crippen LogP contribution in [0.3, 0.4) is 0 Å². The Morgan fingerprint density at radius 1 is 1.04 bits per heavy atom. The summed E-state index contributed by atoms with van der Waals surface area (Å²) in [5, 5.41) is 16.9. The van der Waals surface area contributed by atoms with E-state index in [9.17, 15) is 4.79 Å². The summed E-state index contributed by atoms with van der Waals surface area (Å²) in [5.41, 5.74) is 0. The number of allylic oxidation sites excluding steroid dienone is 4. The van der Waals surface area contributed by atoms with Gasteiger partial charge in [0.15, 0.2) is 5.78 Å². The first kappa shape index (κ1) is 34.1. The van der Waals surface area contributed by atoms with Crippen LogP contribution in [-0.4, -0.2) is 22.6 Å². The van der Waals surface area contributed by atoms with Crippen LogP contribution in [-0.2, 0) is 4.79 Å². The van der Waals surface area contributed by atoms with E-state index in [1.165, 1.54) is 6.08 Å². The highest BCUT2D eigenvalue weighted by atomic mass is 16.3. The molecular weight excluding hydrogens is 300 g/mol. The Morgan fingerprint density at radius 3 is 1.50 bits per heavy atom. The highest BCUT2D eigenvalue weighted by molar-refractivity contribution is 5.90. The van der Waals surface area contributed by atoms with Gasteiger partial charge in [-0.25, -0.2) is 0 Å². The van der Waals surface area contributed by atoms with Crippen LogP contribution in [0.1, 0.15) is 75.7 Å². The molecule has 146 valence electrons. The van der Waals surface area contributed by atoms with Crippen molar-refractivity contribution in [3.05, 3.63) is 36.6 Å². The second-order valence-corrected chi connectivity index (χ2v) is 4.88. The van der Waals surface area contributed by atoms with Crippen LogP contribution in [0.15, 0.2) is 36.6 Å². The van der Waals surface area contributed by atoms with Crippen LogP contribution in [0.2, 0.25) is 0 Å². The predicted molar refractivity (Wildman–Crippen MR) is 110 cm³/mol. The van der Waals surface area contributed by atoms with E-state index in [2.05, 4.69) is 20.4 Å². The molecule has 0 aliphatic heterocycles. The summed E-state index contributed by atoms with van der Waals surface area (Å²) in [7, 11) is 0. The van der Waals surface area contributed by atoms with Gasteiger partial charge >= 0.3 is 0 Å². The molecule has 3 nitrogen and oxygen atoms in total. The number of aliphatic hydroxyl groups excluding tert-OH is 2. The third-order valence-electron chi connectivity index (χ3n) is 2.11. The van der Waals surface area contributed by atoms with E-state index in [0.717, 1.165) is 6.42 Å². The summed E-state index contributed by atoms with van der Waals surface area (Å²) in [6.45, 7) is 23.2. The van der Waals surface area contributed by atoms with Crippen molar-refractivity contribution in [1.82, 2.24) is 0 Å². The zero-order valence-corrected chi connectivity index (χ0v) is 17.9. The molecule has 2 N–H and O–H groups in total. The van der Waals surface area contributed by atoms with E-state index in [-0.39, 0.29) is 11.7 Å². The Morgan fingerprint density at radius 2 is 1.46 bits per heavy atom. The monoisotopic (exact) mass is 344 g/mol. The Bertz CT molecular complexity index is 287. The van der Waals surface area contributed by atoms with Crippen molar-refractivity contribution in [2.45, 2.75) is 75.7 Å². The SMILES string of the molecule is C/C=C\C(O)=C/C.C=CC(=O)C(C)C.CC.CC.CC(C)CCO. The molecule has 0 saturated carbocycles. The normalized spacial score (nSPS) is 9.46. The Kier molecular flexibility index (Phi) is 47.3. The summed E-state index contributed by atoms with van der Waals surface area (Å²) in [4.78, 5) is 10.4. The van der Waals surface area contributed by atoms with E-state index >= 15 is 0 Å². The maximum Gasteiger partial charge on any atom is 0.157 e. The second-order valence-electron chi connectivity index (χ2n) is 4.88. The van der Waals surface area contributed by atoms with E-state index < -0.39 is 0 Å². The number of ketones is 1. The van der Waals surface area contributed by atoms with Gasteiger partial charge in [0.1, 0.15) is 5.76 Å². The quantitative estimate of drug-likeness (QED) is 0.340. The number of hydrogen-bond donors (Lipinski definition) is 2. The van der Waals surface area contributed by atoms with Gasteiger partial charge in [0, 0.05) is 12.5 Å². The highest BCUT2D eigenvalue weighted by Crippen LogP contribution is 1.95. The van der Waals surface area contributed by atoms with Gasteiger partial charge in [-0.05, 0) is 44.4 Å². The molecule has 0 unspecified atom stereocenters. The first-order valence-electron chi connectivity index (χ1n) is 9.01. The molecule has 0 aliphatic rings. The third kappa shape index (κ3) is 49.8. The second kappa shape index (κ2) is 33.3. The van der Waals surface area contributed by atoms with Gasteiger partial charge < -0.3 is 10.2 Å². The number of rotatable bonds is 5. The molecule has 0 bridgehead atoms. The maximum absolute atomic E-state index is 10.4. The smallest absolute Gasteiger partial charge is 0.157 e. The molecule has 0 aromatic rings. The molecule has 0 fully saturated rings. The van der Waals surface area contributed by atoms with Gasteiger partial charge in [0.25, 0.3) is 0 Å². The summed E-state index contributed by atoms with van der Waals surface area (Å²) < 4.78 is 0. The molecule has 24 heavy (non-hydrogen) atoms. The van der Waals surface area contributed by atoms with Gasteiger partial charge in [-0.1, -0.05) is 68.0 Å². The van der Waals surface area contributed by atoms with E-state index in [1.807, 2.05) is 48.5 Å². The molecular formula is C21H44O3. The molecule has 3 heteroatoms. The predicted octanol–water partition coefficient (Wildman–Crippen LogP) is 6.50. The number of carbonyl (C=O) groups is 1. The summed E-state index contributed by atoms with van der Waals surface area (Å²) >= 11 is 0. The fourth-order valence-electron chi connectivity index (χ4n) is 0.761. The van der Waals surface area contributed by atoms with Crippen molar-refractivity contribution in [3.63, 3.8) is 0 Å². The zero-order valence-electron chi connectivity index (χ0n) is 17.9. The van der Waals surface area contributed by atoms with Gasteiger partial charge in [-0.3, -0.25) is 4.79 Å². The van der Waals surface area contributed by atoms with Crippen molar-refractivity contribution in [2.24, 2.45) is 11.8 Å². The molecule has 0 atom stereocenters. The number of aliphatic hydroxyl groups is 2. The average Bonchev–Trinajstić information content (AvgIpc) is 2.58. The summed E-state index contributed by atoms with van der Waals surface area (Å²) in [5.74, 6) is 1.19. The molecule has 0 aliphatic carbocycles. The Hall–Kier alpha value is -1.35. The zero-order chi connectivity index (χ0) is 20.6. The maximum atomic E-state index is 10.4. The fourth-order valence-corrected chi connectivity index (χ4v) is 0.761. The minimum absolute atomic E-state index is 0.109. The van der Waals surface area contributed by atoms with Crippen molar-refractivity contribution in [1.29, 1.82) is 0 Å². The summed E-state index contributed by atoms with van der Waals surface area (Å²) in [6.07, 6.45) is 7.35. The van der Waals surface area contributed by atoms with Crippen LogP contribution >= 0.6 is 0 Å². The molecule has 0 radical (unpaired) electrons. The first-order chi connectivity index (χ1) is 11.3. The van der Waals surface area contributed by atoms with Crippen molar-refractivity contribution >= 4 is 5.78 Å². The lowest BCUT2D eigenvalue weighted by Gasteiger charge is -1.95. The molecule has 0 rings (SSSR count). The Labute approximate surface area is 152 Å². The molecule has 0 aromatic heterocycles. The van der Waals surface area contributed by atoms with Crippen LogP contribution in [0.4, 0.5) is 0 Å². The van der Waals surface area contributed by atoms with Crippen molar-refractivity contribution in [3.8, 4) is 0 Å². The van der Waals surface area contributed by atoms with E-state index in [0.29, 0.717) is 18.3 Å². The first-order valence-corrected chi connectivity index (χ1v) is 9.01. The number of carbonyl (C=O) groups excluding carboxylic acids is 1.